The Hall–Kier alpha value is -5.86. The molecule has 5 aromatic carbocycles. The molecular weight excluding hydrogens is 569 g/mol. The molecule has 0 spiro atoms. The van der Waals surface area contributed by atoms with Gasteiger partial charge in [0.05, 0.1) is 22.1 Å². The first-order valence-corrected chi connectivity index (χ1v) is 16.3. The second-order valence-electron chi connectivity index (χ2n) is 11.1. The highest BCUT2D eigenvalue weighted by Crippen LogP contribution is 2.35. The monoisotopic (exact) mass is 608 g/mol. The number of hydrogen-bond acceptors (Lipinski definition) is 0. The van der Waals surface area contributed by atoms with E-state index in [-0.39, 0.29) is 0 Å². The van der Waals surface area contributed by atoms with Crippen LogP contribution in [0.4, 0.5) is 0 Å². The van der Waals surface area contributed by atoms with Crippen LogP contribution in [0.15, 0.2) is 146 Å². The van der Waals surface area contributed by atoms with Crippen molar-refractivity contribution < 1.29 is 0 Å². The van der Waals surface area contributed by atoms with E-state index in [0.29, 0.717) is 0 Å². The zero-order chi connectivity index (χ0) is 32.8. The Balaban J connectivity index is 0.00000190. The van der Waals surface area contributed by atoms with Gasteiger partial charge in [0.25, 0.3) is 0 Å². The molecule has 0 aliphatic rings. The van der Waals surface area contributed by atoms with Crippen molar-refractivity contribution in [3.8, 4) is 22.5 Å². The standard InChI is InChI=1S/C43H34N2.C2H6/c1-4-16-37-31(3)41(44(40(37)5-2)35-20-8-6-9-21-35)26-15-18-32-17-14-19-33(29-32)34-27-28-43-39(30-34)38-24-12-13-25-42(38)45(43)36-22-10-7-11-23-36;1-2/h4-30H,2-3H2,1H3;1-2H3/b16-4-,18-15+,41-26+;. The first kappa shape index (κ1) is 31.1. The summed E-state index contributed by atoms with van der Waals surface area (Å²) in [6.07, 6.45) is 12.5. The Labute approximate surface area is 277 Å². The van der Waals surface area contributed by atoms with Crippen LogP contribution in [-0.2, 0) is 0 Å². The predicted molar refractivity (Wildman–Crippen MR) is 206 cm³/mol. The first-order valence-electron chi connectivity index (χ1n) is 16.3. The van der Waals surface area contributed by atoms with E-state index in [9.17, 15) is 0 Å². The first-order chi connectivity index (χ1) is 23.2. The van der Waals surface area contributed by atoms with Gasteiger partial charge in [0.1, 0.15) is 0 Å². The maximum Gasteiger partial charge on any atom is 0.0541 e. The predicted octanol–water partition coefficient (Wildman–Crippen LogP) is 10.8. The van der Waals surface area contributed by atoms with E-state index in [1.807, 2.05) is 39.0 Å². The van der Waals surface area contributed by atoms with E-state index >= 15 is 0 Å². The quantitative estimate of drug-likeness (QED) is 0.170. The van der Waals surface area contributed by atoms with E-state index in [1.54, 1.807) is 0 Å². The van der Waals surface area contributed by atoms with E-state index in [1.165, 1.54) is 38.6 Å². The third kappa shape index (κ3) is 5.94. The summed E-state index contributed by atoms with van der Waals surface area (Å²) >= 11 is 0. The lowest BCUT2D eigenvalue weighted by atomic mass is 10.0. The fraction of sp³-hybridized carbons (Fsp3) is 0.0667. The number of allylic oxidation sites excluding steroid dienone is 2. The van der Waals surface area contributed by atoms with Crippen LogP contribution in [0.3, 0.4) is 0 Å². The van der Waals surface area contributed by atoms with Crippen LogP contribution in [0.25, 0.3) is 75.2 Å². The van der Waals surface area contributed by atoms with Crippen LogP contribution < -0.4 is 10.6 Å². The highest BCUT2D eigenvalue weighted by atomic mass is 15.0. The average Bonchev–Trinajstić information content (AvgIpc) is 3.61. The molecule has 2 heteroatoms. The summed E-state index contributed by atoms with van der Waals surface area (Å²) in [6.45, 7) is 14.6. The van der Waals surface area contributed by atoms with Gasteiger partial charge in [0.2, 0.25) is 0 Å². The lowest BCUT2D eigenvalue weighted by Gasteiger charge is -2.08. The average molecular weight is 609 g/mol. The lowest BCUT2D eigenvalue weighted by Crippen LogP contribution is -2.27. The molecule has 230 valence electrons. The molecule has 2 aromatic heterocycles. The van der Waals surface area contributed by atoms with Crippen molar-refractivity contribution in [3.05, 3.63) is 174 Å². The van der Waals surface area contributed by atoms with Crippen LogP contribution in [0, 0.1) is 0 Å². The summed E-state index contributed by atoms with van der Waals surface area (Å²) in [4.78, 5) is 0. The fourth-order valence-corrected chi connectivity index (χ4v) is 6.34. The highest BCUT2D eigenvalue weighted by molar-refractivity contribution is 6.10. The number of fused-ring (bicyclic) bond motifs is 3. The van der Waals surface area contributed by atoms with E-state index < -0.39 is 0 Å². The van der Waals surface area contributed by atoms with Gasteiger partial charge < -0.3 is 9.13 Å². The molecule has 0 saturated heterocycles. The van der Waals surface area contributed by atoms with Gasteiger partial charge in [0.15, 0.2) is 0 Å². The summed E-state index contributed by atoms with van der Waals surface area (Å²) in [7, 11) is 0. The number of rotatable bonds is 7. The second-order valence-corrected chi connectivity index (χ2v) is 11.1. The summed E-state index contributed by atoms with van der Waals surface area (Å²) in [5.41, 5.74) is 10.3. The minimum Gasteiger partial charge on any atom is -0.309 e. The normalized spacial score (nSPS) is 11.9. The molecule has 0 aliphatic heterocycles. The molecule has 0 aliphatic carbocycles. The lowest BCUT2D eigenvalue weighted by molar-refractivity contribution is 1.02. The molecule has 47 heavy (non-hydrogen) atoms. The van der Waals surface area contributed by atoms with Gasteiger partial charge >= 0.3 is 0 Å². The molecule has 0 fully saturated rings. The zero-order valence-electron chi connectivity index (χ0n) is 27.4. The van der Waals surface area contributed by atoms with Crippen molar-refractivity contribution in [2.24, 2.45) is 0 Å². The van der Waals surface area contributed by atoms with Gasteiger partial charge in [-0.3, -0.25) is 0 Å². The molecule has 0 N–H and O–H groups in total. The van der Waals surface area contributed by atoms with Gasteiger partial charge in [-0.05, 0) is 84.3 Å². The minimum absolute atomic E-state index is 0.980. The van der Waals surface area contributed by atoms with Gasteiger partial charge in [-0.25, -0.2) is 0 Å². The van der Waals surface area contributed by atoms with Crippen LogP contribution in [0.2, 0.25) is 0 Å². The molecule has 0 saturated carbocycles. The number of hydrogen-bond donors (Lipinski definition) is 0. The van der Waals surface area contributed by atoms with Crippen LogP contribution in [-0.4, -0.2) is 9.13 Å². The number of para-hydroxylation sites is 3. The molecular formula is C45H40N2. The van der Waals surface area contributed by atoms with Crippen LogP contribution in [0.5, 0.6) is 0 Å². The van der Waals surface area contributed by atoms with E-state index in [2.05, 4.69) is 168 Å². The van der Waals surface area contributed by atoms with Crippen LogP contribution in [0.1, 0.15) is 37.6 Å². The molecule has 0 atom stereocenters. The molecule has 7 aromatic rings. The summed E-state index contributed by atoms with van der Waals surface area (Å²) in [5, 5.41) is 4.52. The second kappa shape index (κ2) is 14.1. The van der Waals surface area contributed by atoms with Crippen molar-refractivity contribution in [2.75, 3.05) is 0 Å². The zero-order valence-corrected chi connectivity index (χ0v) is 27.4. The SMILES string of the molecule is C=Cc1c(/C=C\C)c(=C)/c(=C\C=C\c2cccc(-c3ccc4c(c3)c3ccccc3n4-c3ccccc3)c2)n1-c1ccccc1.CC. The number of nitrogens with zero attached hydrogens (tertiary/aromatic N) is 2. The van der Waals surface area contributed by atoms with Crippen molar-refractivity contribution in [1.29, 1.82) is 0 Å². The molecule has 0 unspecified atom stereocenters. The van der Waals surface area contributed by atoms with E-state index in [4.69, 9.17) is 0 Å². The molecule has 0 radical (unpaired) electrons. The maximum atomic E-state index is 4.45. The summed E-state index contributed by atoms with van der Waals surface area (Å²) < 4.78 is 4.58. The smallest absolute Gasteiger partial charge is 0.0541 e. The van der Waals surface area contributed by atoms with Crippen molar-refractivity contribution in [1.82, 2.24) is 9.13 Å². The Kier molecular flexibility index (Phi) is 9.31. The van der Waals surface area contributed by atoms with Gasteiger partial charge in [0, 0.05) is 32.9 Å². The van der Waals surface area contributed by atoms with Crippen molar-refractivity contribution >= 4 is 52.7 Å². The molecule has 2 heterocycles. The number of benzene rings is 5. The Morgan fingerprint density at radius 1 is 0.596 bits per heavy atom. The molecule has 2 nitrogen and oxygen atoms in total. The molecule has 0 amide bonds. The third-order valence-corrected chi connectivity index (χ3v) is 8.38. The highest BCUT2D eigenvalue weighted by Gasteiger charge is 2.13. The topological polar surface area (TPSA) is 9.86 Å². The van der Waals surface area contributed by atoms with Gasteiger partial charge in [-0.2, -0.15) is 0 Å². The van der Waals surface area contributed by atoms with Gasteiger partial charge in [-0.1, -0.05) is 130 Å². The van der Waals surface area contributed by atoms with Crippen molar-refractivity contribution in [3.63, 3.8) is 0 Å². The molecule has 0 bridgehead atoms. The Morgan fingerprint density at radius 2 is 1.23 bits per heavy atom. The fourth-order valence-electron chi connectivity index (χ4n) is 6.34. The Morgan fingerprint density at radius 3 is 1.94 bits per heavy atom. The molecule has 7 rings (SSSR count). The summed E-state index contributed by atoms with van der Waals surface area (Å²) in [5.74, 6) is 0. The summed E-state index contributed by atoms with van der Waals surface area (Å²) in [6, 6.07) is 45.2. The van der Waals surface area contributed by atoms with Gasteiger partial charge in [-0.15, -0.1) is 0 Å². The third-order valence-electron chi connectivity index (χ3n) is 8.38. The number of aromatic nitrogens is 2. The van der Waals surface area contributed by atoms with Crippen molar-refractivity contribution in [2.45, 2.75) is 20.8 Å². The van der Waals surface area contributed by atoms with Crippen LogP contribution >= 0.6 is 0 Å². The maximum absolute atomic E-state index is 4.45. The minimum atomic E-state index is 0.980. The van der Waals surface area contributed by atoms with E-state index in [0.717, 1.165) is 33.1 Å². The largest absolute Gasteiger partial charge is 0.309 e. The Bertz CT molecular complexity index is 2350.